The van der Waals surface area contributed by atoms with Crippen LogP contribution in [0.25, 0.3) is 0 Å². The van der Waals surface area contributed by atoms with E-state index >= 15 is 0 Å². The lowest BCUT2D eigenvalue weighted by Gasteiger charge is -2.34. The molecule has 2 atom stereocenters. The minimum atomic E-state index is -0.698. The Morgan fingerprint density at radius 2 is 1.73 bits per heavy atom. The van der Waals surface area contributed by atoms with Crippen molar-refractivity contribution in [3.63, 3.8) is 0 Å². The van der Waals surface area contributed by atoms with Gasteiger partial charge in [-0.2, -0.15) is 0 Å². The molecule has 1 amide bonds. The van der Waals surface area contributed by atoms with Crippen LogP contribution in [-0.2, 0) is 9.59 Å². The van der Waals surface area contributed by atoms with Crippen LogP contribution in [0.5, 0.6) is 0 Å². The molecule has 1 aliphatic heterocycles. The van der Waals surface area contributed by atoms with Crippen molar-refractivity contribution in [1.29, 1.82) is 0 Å². The minimum absolute atomic E-state index is 0.0253. The van der Waals surface area contributed by atoms with Gasteiger partial charge in [0.25, 0.3) is 0 Å². The average Bonchev–Trinajstić information content (AvgIpc) is 2.94. The number of hydrogen-bond acceptors (Lipinski definition) is 3. The molecule has 2 aliphatic rings. The molecule has 3 aromatic carbocycles. The van der Waals surface area contributed by atoms with Gasteiger partial charge in [-0.25, -0.2) is 4.39 Å². The molecule has 0 unspecified atom stereocenters. The van der Waals surface area contributed by atoms with Crippen LogP contribution in [0.1, 0.15) is 48.4 Å². The van der Waals surface area contributed by atoms with Crippen LogP contribution in [0.15, 0.2) is 84.1 Å². The van der Waals surface area contributed by atoms with Gasteiger partial charge in [0.1, 0.15) is 5.82 Å². The van der Waals surface area contributed by atoms with Gasteiger partial charge in [-0.05, 0) is 54.7 Å². The number of nitrogens with zero attached hydrogens (tertiary/aromatic N) is 1. The van der Waals surface area contributed by atoms with Crippen LogP contribution in [0, 0.1) is 12.7 Å². The number of Topliss-reactive ketones (excluding diaryl/α,β-unsaturated/α-hetero) is 1. The van der Waals surface area contributed by atoms with Crippen molar-refractivity contribution < 1.29 is 14.0 Å². The maximum absolute atomic E-state index is 14.3. The van der Waals surface area contributed by atoms with Crippen LogP contribution in [0.3, 0.4) is 0 Å². The summed E-state index contributed by atoms with van der Waals surface area (Å²) in [6.07, 6.45) is 0.980. The molecule has 1 heterocycles. The molecule has 0 aromatic heterocycles. The van der Waals surface area contributed by atoms with Gasteiger partial charge in [-0.15, -0.1) is 0 Å². The summed E-state index contributed by atoms with van der Waals surface area (Å²) < 4.78 is 14.3. The molecule has 5 heteroatoms. The lowest BCUT2D eigenvalue weighted by molar-refractivity contribution is -0.117. The third kappa shape index (κ3) is 3.84. The minimum Gasteiger partial charge on any atom is -0.357 e. The standard InChI is InChI=1S/C28H25FN2O2/c1-17-10-12-19(13-11-17)21-15-24-27(26(33)16-21)28(20-6-5-7-22(29)14-20)31(18(2)32)25-9-4-3-8-23(25)30-24/h3-14,21,28,30H,15-16H2,1-2H3/t21-,28+/m1/s1. The molecular weight excluding hydrogens is 415 g/mol. The van der Waals surface area contributed by atoms with Gasteiger partial charge in [-0.1, -0.05) is 54.1 Å². The number of rotatable bonds is 2. The van der Waals surface area contributed by atoms with Crippen molar-refractivity contribution in [3.8, 4) is 0 Å². The Bertz CT molecular complexity index is 1280. The number of allylic oxidation sites excluding steroid dienone is 1. The SMILES string of the molecule is CC(=O)N1c2ccccc2NC2=C(C(=O)C[C@H](c3ccc(C)cc3)C2)[C@@H]1c1cccc(F)c1. The Morgan fingerprint density at radius 1 is 0.970 bits per heavy atom. The Balaban J connectivity index is 1.70. The highest BCUT2D eigenvalue weighted by atomic mass is 19.1. The van der Waals surface area contributed by atoms with Gasteiger partial charge in [0, 0.05) is 24.6 Å². The molecule has 166 valence electrons. The number of amides is 1. The number of para-hydroxylation sites is 2. The fourth-order valence-corrected chi connectivity index (χ4v) is 5.00. The second-order valence-electron chi connectivity index (χ2n) is 8.82. The quantitative estimate of drug-likeness (QED) is 0.527. The fourth-order valence-electron chi connectivity index (χ4n) is 5.00. The zero-order valence-corrected chi connectivity index (χ0v) is 18.6. The second kappa shape index (κ2) is 8.32. The molecule has 3 aromatic rings. The lowest BCUT2D eigenvalue weighted by atomic mass is 9.78. The first-order chi connectivity index (χ1) is 15.9. The zero-order valence-electron chi connectivity index (χ0n) is 18.6. The highest BCUT2D eigenvalue weighted by Gasteiger charge is 2.40. The van der Waals surface area contributed by atoms with Gasteiger partial charge < -0.3 is 5.32 Å². The summed E-state index contributed by atoms with van der Waals surface area (Å²) in [7, 11) is 0. The summed E-state index contributed by atoms with van der Waals surface area (Å²) in [6, 6.07) is 21.3. The number of halogens is 1. The molecule has 1 aliphatic carbocycles. The molecule has 33 heavy (non-hydrogen) atoms. The topological polar surface area (TPSA) is 49.4 Å². The maximum atomic E-state index is 14.3. The van der Waals surface area contributed by atoms with E-state index < -0.39 is 11.9 Å². The van der Waals surface area contributed by atoms with Gasteiger partial charge >= 0.3 is 0 Å². The number of nitrogens with one attached hydrogen (secondary N) is 1. The average molecular weight is 441 g/mol. The number of benzene rings is 3. The Labute approximate surface area is 192 Å². The van der Waals surface area contributed by atoms with Gasteiger partial charge in [0.05, 0.1) is 17.4 Å². The van der Waals surface area contributed by atoms with Crippen molar-refractivity contribution in [3.05, 3.63) is 107 Å². The molecule has 1 N–H and O–H groups in total. The third-order valence-corrected chi connectivity index (χ3v) is 6.54. The third-order valence-electron chi connectivity index (χ3n) is 6.54. The summed E-state index contributed by atoms with van der Waals surface area (Å²) in [5.41, 5.74) is 5.64. The number of fused-ring (bicyclic) bond motifs is 1. The van der Waals surface area contributed by atoms with E-state index in [4.69, 9.17) is 0 Å². The number of anilines is 2. The van der Waals surface area contributed by atoms with E-state index in [0.29, 0.717) is 29.7 Å². The van der Waals surface area contributed by atoms with Crippen LogP contribution >= 0.6 is 0 Å². The van der Waals surface area contributed by atoms with Gasteiger partial charge in [0.15, 0.2) is 5.78 Å². The van der Waals surface area contributed by atoms with E-state index in [1.165, 1.54) is 24.6 Å². The first-order valence-corrected chi connectivity index (χ1v) is 11.2. The smallest absolute Gasteiger partial charge is 0.224 e. The number of carbonyl (C=O) groups excluding carboxylic acids is 2. The van der Waals surface area contributed by atoms with Crippen LogP contribution in [0.4, 0.5) is 15.8 Å². The summed E-state index contributed by atoms with van der Waals surface area (Å²) in [4.78, 5) is 28.3. The first-order valence-electron chi connectivity index (χ1n) is 11.2. The fraction of sp³-hybridized carbons (Fsp3) is 0.214. The summed E-state index contributed by atoms with van der Waals surface area (Å²) >= 11 is 0. The summed E-state index contributed by atoms with van der Waals surface area (Å²) in [5.74, 6) is -0.596. The van der Waals surface area contributed by atoms with E-state index in [2.05, 4.69) is 29.6 Å². The summed E-state index contributed by atoms with van der Waals surface area (Å²) in [5, 5.41) is 3.47. The van der Waals surface area contributed by atoms with Crippen molar-refractivity contribution in [1.82, 2.24) is 0 Å². The first kappa shape index (κ1) is 21.1. The molecular formula is C28H25FN2O2. The Kier molecular flexibility index (Phi) is 5.33. The van der Waals surface area contributed by atoms with Crippen LogP contribution in [0.2, 0.25) is 0 Å². The van der Waals surface area contributed by atoms with Gasteiger partial charge in [-0.3, -0.25) is 14.5 Å². The molecule has 5 rings (SSSR count). The van der Waals surface area contributed by atoms with Crippen molar-refractivity contribution in [2.45, 2.75) is 38.6 Å². The molecule has 0 saturated heterocycles. The van der Waals surface area contributed by atoms with E-state index in [0.717, 1.165) is 16.9 Å². The molecule has 0 bridgehead atoms. The zero-order chi connectivity index (χ0) is 23.1. The lowest BCUT2D eigenvalue weighted by Crippen LogP contribution is -2.37. The summed E-state index contributed by atoms with van der Waals surface area (Å²) in [6.45, 7) is 3.52. The van der Waals surface area contributed by atoms with E-state index in [9.17, 15) is 14.0 Å². The second-order valence-corrected chi connectivity index (χ2v) is 8.82. The Morgan fingerprint density at radius 3 is 2.45 bits per heavy atom. The number of hydrogen-bond donors (Lipinski definition) is 1. The van der Waals surface area contributed by atoms with Gasteiger partial charge in [0.2, 0.25) is 5.91 Å². The van der Waals surface area contributed by atoms with E-state index in [-0.39, 0.29) is 17.6 Å². The van der Waals surface area contributed by atoms with Crippen molar-refractivity contribution >= 4 is 23.1 Å². The van der Waals surface area contributed by atoms with Crippen LogP contribution in [-0.4, -0.2) is 11.7 Å². The Hall–Kier alpha value is -3.73. The van der Waals surface area contributed by atoms with Crippen molar-refractivity contribution in [2.24, 2.45) is 0 Å². The molecule has 4 nitrogen and oxygen atoms in total. The maximum Gasteiger partial charge on any atom is 0.224 e. The number of carbonyl (C=O) groups is 2. The molecule has 0 fully saturated rings. The normalized spacial score (nSPS) is 20.0. The number of ketones is 1. The van der Waals surface area contributed by atoms with Crippen molar-refractivity contribution in [2.75, 3.05) is 10.2 Å². The largest absolute Gasteiger partial charge is 0.357 e. The molecule has 0 spiro atoms. The molecule has 0 saturated carbocycles. The highest BCUT2D eigenvalue weighted by molar-refractivity contribution is 6.06. The van der Waals surface area contributed by atoms with E-state index in [1.54, 1.807) is 17.0 Å². The monoisotopic (exact) mass is 440 g/mol. The number of aryl methyl sites for hydroxylation is 1. The van der Waals surface area contributed by atoms with E-state index in [1.807, 2.05) is 31.2 Å². The highest BCUT2D eigenvalue weighted by Crippen LogP contribution is 2.47. The predicted octanol–water partition coefficient (Wildman–Crippen LogP) is 6.05. The van der Waals surface area contributed by atoms with Crippen LogP contribution < -0.4 is 10.2 Å². The predicted molar refractivity (Wildman–Crippen MR) is 128 cm³/mol. The molecule has 0 radical (unpaired) electrons.